The van der Waals surface area contributed by atoms with Crippen LogP contribution < -0.4 is 4.90 Å². The molecular formula is C43H29NO2. The monoisotopic (exact) mass is 591 g/mol. The van der Waals surface area contributed by atoms with E-state index < -0.39 is 0 Å². The normalized spacial score (nSPS) is 13.6. The van der Waals surface area contributed by atoms with Crippen LogP contribution in [-0.4, -0.2) is 0 Å². The summed E-state index contributed by atoms with van der Waals surface area (Å²) in [6.07, 6.45) is 0. The molecule has 0 N–H and O–H groups in total. The molecule has 0 amide bonds. The first-order valence-corrected chi connectivity index (χ1v) is 15.9. The molecule has 0 bridgehead atoms. The zero-order valence-corrected chi connectivity index (χ0v) is 25.5. The molecule has 9 aromatic rings. The maximum atomic E-state index is 6.78. The van der Waals surface area contributed by atoms with Gasteiger partial charge in [0, 0.05) is 43.7 Å². The molecule has 0 spiro atoms. The van der Waals surface area contributed by atoms with E-state index in [9.17, 15) is 0 Å². The van der Waals surface area contributed by atoms with Crippen molar-refractivity contribution in [1.82, 2.24) is 0 Å². The smallest absolute Gasteiger partial charge is 0.160 e. The number of rotatable bonds is 3. The molecule has 1 aliphatic rings. The topological polar surface area (TPSA) is 29.5 Å². The fraction of sp³-hybridized carbons (Fsp3) is 0.0698. The standard InChI is InChI=1S/C43H29NO2/c1-43(2)36-16-8-5-13-30(36)33-24-27(19-21-37(33)43)44(28-20-22-40-34(25-28)31-14-6-9-17-38(31)45-40)41-29-12-4-3-11-26(29)23-35-32-15-7-10-18-39(32)46-42(35)41/h3-25H,1-2H3. The predicted octanol–water partition coefficient (Wildman–Crippen LogP) is 12.4. The highest BCUT2D eigenvalue weighted by Crippen LogP contribution is 2.52. The third-order valence-corrected chi connectivity index (χ3v) is 10.0. The van der Waals surface area contributed by atoms with Gasteiger partial charge in [0.25, 0.3) is 0 Å². The highest BCUT2D eigenvalue weighted by atomic mass is 16.3. The first-order chi connectivity index (χ1) is 22.6. The Labute approximate surface area is 265 Å². The Morgan fingerprint density at radius 1 is 0.457 bits per heavy atom. The van der Waals surface area contributed by atoms with Crippen molar-refractivity contribution in [3.8, 4) is 11.1 Å². The van der Waals surface area contributed by atoms with E-state index in [1.54, 1.807) is 0 Å². The highest BCUT2D eigenvalue weighted by Gasteiger charge is 2.36. The van der Waals surface area contributed by atoms with Gasteiger partial charge in [-0.05, 0) is 76.2 Å². The number of furan rings is 2. The second kappa shape index (κ2) is 9.12. The number of hydrogen-bond donors (Lipinski definition) is 0. The molecule has 2 aromatic heterocycles. The molecule has 0 radical (unpaired) electrons. The van der Waals surface area contributed by atoms with Gasteiger partial charge in [0.15, 0.2) is 5.58 Å². The van der Waals surface area contributed by atoms with Crippen LogP contribution in [-0.2, 0) is 5.41 Å². The zero-order chi connectivity index (χ0) is 30.6. The lowest BCUT2D eigenvalue weighted by molar-refractivity contribution is 0.660. The van der Waals surface area contributed by atoms with Gasteiger partial charge in [0.05, 0.1) is 5.69 Å². The number of hydrogen-bond acceptors (Lipinski definition) is 3. The van der Waals surface area contributed by atoms with Gasteiger partial charge in [-0.15, -0.1) is 0 Å². The van der Waals surface area contributed by atoms with Crippen LogP contribution in [0.1, 0.15) is 25.0 Å². The van der Waals surface area contributed by atoms with Crippen molar-refractivity contribution in [3.63, 3.8) is 0 Å². The number of fused-ring (bicyclic) bond motifs is 10. The lowest BCUT2D eigenvalue weighted by atomic mass is 9.82. The van der Waals surface area contributed by atoms with E-state index in [-0.39, 0.29) is 5.41 Å². The second-order valence-electron chi connectivity index (χ2n) is 12.9. The van der Waals surface area contributed by atoms with Gasteiger partial charge in [0.2, 0.25) is 0 Å². The Hall–Kier alpha value is -5.80. The van der Waals surface area contributed by atoms with Gasteiger partial charge in [0.1, 0.15) is 16.7 Å². The summed E-state index contributed by atoms with van der Waals surface area (Å²) in [7, 11) is 0. The molecule has 0 aliphatic heterocycles. The molecule has 2 heterocycles. The van der Waals surface area contributed by atoms with Crippen LogP contribution in [0.15, 0.2) is 148 Å². The molecule has 3 nitrogen and oxygen atoms in total. The molecule has 1 aliphatic carbocycles. The van der Waals surface area contributed by atoms with Gasteiger partial charge >= 0.3 is 0 Å². The van der Waals surface area contributed by atoms with Crippen molar-refractivity contribution in [2.45, 2.75) is 19.3 Å². The minimum Gasteiger partial charge on any atom is -0.456 e. The summed E-state index contributed by atoms with van der Waals surface area (Å²) in [5.41, 5.74) is 11.9. The zero-order valence-electron chi connectivity index (χ0n) is 25.5. The van der Waals surface area contributed by atoms with Crippen LogP contribution >= 0.6 is 0 Å². The van der Waals surface area contributed by atoms with Gasteiger partial charge in [-0.25, -0.2) is 0 Å². The Bertz CT molecular complexity index is 2690. The highest BCUT2D eigenvalue weighted by molar-refractivity contribution is 6.19. The van der Waals surface area contributed by atoms with Crippen molar-refractivity contribution in [3.05, 3.63) is 151 Å². The molecule has 0 fully saturated rings. The van der Waals surface area contributed by atoms with E-state index in [0.29, 0.717) is 0 Å². The fourth-order valence-corrected chi connectivity index (χ4v) is 7.83. The Kier molecular flexibility index (Phi) is 5.06. The molecule has 0 saturated heterocycles. The minimum atomic E-state index is -0.0741. The minimum absolute atomic E-state index is 0.0741. The van der Waals surface area contributed by atoms with E-state index in [1.807, 2.05) is 18.2 Å². The molecule has 10 rings (SSSR count). The van der Waals surface area contributed by atoms with E-state index in [2.05, 4.69) is 140 Å². The van der Waals surface area contributed by atoms with Crippen LogP contribution in [0.4, 0.5) is 17.1 Å². The van der Waals surface area contributed by atoms with Gasteiger partial charge < -0.3 is 13.7 Å². The average molecular weight is 592 g/mol. The van der Waals surface area contributed by atoms with E-state index in [0.717, 1.165) is 66.3 Å². The quantitative estimate of drug-likeness (QED) is 0.205. The summed E-state index contributed by atoms with van der Waals surface area (Å²) in [6.45, 7) is 4.66. The molecule has 46 heavy (non-hydrogen) atoms. The maximum absolute atomic E-state index is 6.78. The van der Waals surface area contributed by atoms with E-state index >= 15 is 0 Å². The van der Waals surface area contributed by atoms with Crippen molar-refractivity contribution < 1.29 is 8.83 Å². The summed E-state index contributed by atoms with van der Waals surface area (Å²) in [5.74, 6) is 0. The Balaban J connectivity index is 1.33. The van der Waals surface area contributed by atoms with Gasteiger partial charge in [-0.3, -0.25) is 0 Å². The van der Waals surface area contributed by atoms with Crippen LogP contribution in [0.2, 0.25) is 0 Å². The van der Waals surface area contributed by atoms with Crippen molar-refractivity contribution in [2.24, 2.45) is 0 Å². The number of para-hydroxylation sites is 2. The molecule has 7 aromatic carbocycles. The molecule has 3 heteroatoms. The molecule has 0 atom stereocenters. The second-order valence-corrected chi connectivity index (χ2v) is 12.9. The number of nitrogens with zero attached hydrogens (tertiary/aromatic N) is 1. The van der Waals surface area contributed by atoms with Crippen LogP contribution in [0.25, 0.3) is 65.8 Å². The van der Waals surface area contributed by atoms with Crippen molar-refractivity contribution in [2.75, 3.05) is 4.90 Å². The summed E-state index contributed by atoms with van der Waals surface area (Å²) in [6, 6.07) is 49.9. The number of benzene rings is 7. The third-order valence-electron chi connectivity index (χ3n) is 10.0. The molecule has 0 saturated carbocycles. The van der Waals surface area contributed by atoms with Crippen LogP contribution in [0.5, 0.6) is 0 Å². The van der Waals surface area contributed by atoms with Crippen molar-refractivity contribution >= 4 is 71.7 Å². The lowest BCUT2D eigenvalue weighted by Crippen LogP contribution is -2.15. The lowest BCUT2D eigenvalue weighted by Gasteiger charge is -2.28. The Morgan fingerprint density at radius 3 is 1.91 bits per heavy atom. The third kappa shape index (κ3) is 3.43. The SMILES string of the molecule is CC1(C)c2ccccc2-c2cc(N(c3ccc4oc5ccccc5c4c3)c3c4ccccc4cc4c3oc3ccccc34)ccc21. The Morgan fingerprint density at radius 2 is 1.07 bits per heavy atom. The van der Waals surface area contributed by atoms with Crippen LogP contribution in [0, 0.1) is 0 Å². The first kappa shape index (κ1) is 25.5. The van der Waals surface area contributed by atoms with E-state index in [1.165, 1.54) is 27.6 Å². The summed E-state index contributed by atoms with van der Waals surface area (Å²) in [4.78, 5) is 2.39. The first-order valence-electron chi connectivity index (χ1n) is 15.9. The molecule has 0 unspecified atom stereocenters. The molecular weight excluding hydrogens is 562 g/mol. The van der Waals surface area contributed by atoms with E-state index in [4.69, 9.17) is 8.83 Å². The summed E-state index contributed by atoms with van der Waals surface area (Å²) in [5, 5.41) is 6.72. The van der Waals surface area contributed by atoms with Crippen molar-refractivity contribution in [1.29, 1.82) is 0 Å². The molecule has 218 valence electrons. The summed E-state index contributed by atoms with van der Waals surface area (Å²) < 4.78 is 13.0. The van der Waals surface area contributed by atoms with Crippen LogP contribution in [0.3, 0.4) is 0 Å². The average Bonchev–Trinajstić information content (AvgIpc) is 3.72. The van der Waals surface area contributed by atoms with Gasteiger partial charge in [-0.2, -0.15) is 0 Å². The van der Waals surface area contributed by atoms with Gasteiger partial charge in [-0.1, -0.05) is 105 Å². The summed E-state index contributed by atoms with van der Waals surface area (Å²) >= 11 is 0. The number of anilines is 3. The fourth-order valence-electron chi connectivity index (χ4n) is 7.83. The maximum Gasteiger partial charge on any atom is 0.160 e. The largest absolute Gasteiger partial charge is 0.456 e. The predicted molar refractivity (Wildman–Crippen MR) is 191 cm³/mol.